The van der Waals surface area contributed by atoms with E-state index in [9.17, 15) is 5.11 Å². The predicted molar refractivity (Wildman–Crippen MR) is 74.3 cm³/mol. The minimum absolute atomic E-state index is 0.440. The van der Waals surface area contributed by atoms with Gasteiger partial charge >= 0.3 is 0 Å². The molecule has 1 aromatic rings. The Kier molecular flexibility index (Phi) is 5.03. The number of hydrogen-bond acceptors (Lipinski definition) is 1. The van der Waals surface area contributed by atoms with Gasteiger partial charge in [-0.25, -0.2) is 0 Å². The molecule has 2 heteroatoms. The van der Waals surface area contributed by atoms with E-state index in [4.69, 9.17) is 11.6 Å². The third-order valence-corrected chi connectivity index (χ3v) is 3.20. The minimum Gasteiger partial charge on any atom is -0.385 e. The maximum Gasteiger partial charge on any atom is 0.0915 e. The molecule has 0 aliphatic rings. The number of rotatable bonds is 5. The highest BCUT2D eigenvalue weighted by molar-refractivity contribution is 6.31. The summed E-state index contributed by atoms with van der Waals surface area (Å²) in [6, 6.07) is 7.62. The molecule has 0 heterocycles. The van der Waals surface area contributed by atoms with E-state index >= 15 is 0 Å². The monoisotopic (exact) mass is 254 g/mol. The topological polar surface area (TPSA) is 20.2 Å². The van der Waals surface area contributed by atoms with E-state index in [1.165, 1.54) is 0 Å². The third-order valence-electron chi connectivity index (χ3n) is 2.87. The van der Waals surface area contributed by atoms with Crippen LogP contribution < -0.4 is 0 Å². The van der Waals surface area contributed by atoms with Gasteiger partial charge in [-0.05, 0) is 30.7 Å². The molecule has 0 amide bonds. The summed E-state index contributed by atoms with van der Waals surface area (Å²) in [7, 11) is 0. The van der Waals surface area contributed by atoms with Crippen molar-refractivity contribution < 1.29 is 5.11 Å². The van der Waals surface area contributed by atoms with Crippen LogP contribution in [0.4, 0.5) is 0 Å². The minimum atomic E-state index is -0.805. The van der Waals surface area contributed by atoms with Gasteiger partial charge in [0.25, 0.3) is 0 Å². The van der Waals surface area contributed by atoms with Gasteiger partial charge in [0.05, 0.1) is 5.60 Å². The average molecular weight is 255 g/mol. The van der Waals surface area contributed by atoms with Crippen molar-refractivity contribution in [1.82, 2.24) is 0 Å². The summed E-state index contributed by atoms with van der Waals surface area (Å²) in [5, 5.41) is 11.6. The van der Waals surface area contributed by atoms with Crippen LogP contribution in [-0.2, 0) is 5.60 Å². The zero-order valence-electron chi connectivity index (χ0n) is 11.2. The SMILES string of the molecule is CC(C)CC(O)(CC(C)C)c1ccccc1Cl. The van der Waals surface area contributed by atoms with Crippen LogP contribution in [0.5, 0.6) is 0 Å². The average Bonchev–Trinajstić information content (AvgIpc) is 2.15. The van der Waals surface area contributed by atoms with Crippen LogP contribution in [0.2, 0.25) is 5.02 Å². The highest BCUT2D eigenvalue weighted by atomic mass is 35.5. The summed E-state index contributed by atoms with van der Waals surface area (Å²) >= 11 is 6.22. The summed E-state index contributed by atoms with van der Waals surface area (Å²) in [6.45, 7) is 8.51. The Balaban J connectivity index is 3.09. The van der Waals surface area contributed by atoms with Crippen LogP contribution in [0, 0.1) is 11.8 Å². The lowest BCUT2D eigenvalue weighted by atomic mass is 9.80. The van der Waals surface area contributed by atoms with Crippen molar-refractivity contribution in [3.05, 3.63) is 34.9 Å². The third kappa shape index (κ3) is 4.01. The first-order chi connectivity index (χ1) is 7.85. The molecule has 0 saturated carbocycles. The smallest absolute Gasteiger partial charge is 0.0915 e. The van der Waals surface area contributed by atoms with Gasteiger partial charge in [0.2, 0.25) is 0 Å². The summed E-state index contributed by atoms with van der Waals surface area (Å²) in [5.74, 6) is 0.880. The molecule has 0 saturated heterocycles. The van der Waals surface area contributed by atoms with Crippen molar-refractivity contribution in [2.24, 2.45) is 11.8 Å². The van der Waals surface area contributed by atoms with Gasteiger partial charge in [0.1, 0.15) is 0 Å². The second-order valence-electron chi connectivity index (χ2n) is 5.71. The number of hydrogen-bond donors (Lipinski definition) is 1. The fourth-order valence-electron chi connectivity index (χ4n) is 2.49. The standard InChI is InChI=1S/C15H23ClO/c1-11(2)9-15(17,10-12(3)4)13-7-5-6-8-14(13)16/h5-8,11-12,17H,9-10H2,1-4H3. The van der Waals surface area contributed by atoms with E-state index in [-0.39, 0.29) is 0 Å². The molecule has 0 aromatic heterocycles. The largest absolute Gasteiger partial charge is 0.385 e. The second-order valence-corrected chi connectivity index (χ2v) is 6.11. The number of aliphatic hydroxyl groups is 1. The maximum atomic E-state index is 10.9. The summed E-state index contributed by atoms with van der Waals surface area (Å²) < 4.78 is 0. The fourth-order valence-corrected chi connectivity index (χ4v) is 2.80. The Hall–Kier alpha value is -0.530. The molecule has 0 fully saturated rings. The Labute approximate surface area is 110 Å². The molecule has 0 bridgehead atoms. The van der Waals surface area contributed by atoms with Crippen molar-refractivity contribution in [2.75, 3.05) is 0 Å². The molecule has 1 rings (SSSR count). The van der Waals surface area contributed by atoms with Crippen LogP contribution in [0.3, 0.4) is 0 Å². The fraction of sp³-hybridized carbons (Fsp3) is 0.600. The van der Waals surface area contributed by atoms with Gasteiger partial charge < -0.3 is 5.11 Å². The molecular weight excluding hydrogens is 232 g/mol. The zero-order valence-corrected chi connectivity index (χ0v) is 12.0. The van der Waals surface area contributed by atoms with E-state index in [0.29, 0.717) is 16.9 Å². The number of halogens is 1. The lowest BCUT2D eigenvalue weighted by Crippen LogP contribution is -2.30. The van der Waals surface area contributed by atoms with Crippen LogP contribution in [-0.4, -0.2) is 5.11 Å². The van der Waals surface area contributed by atoms with E-state index in [1.807, 2.05) is 24.3 Å². The van der Waals surface area contributed by atoms with Crippen molar-refractivity contribution in [2.45, 2.75) is 46.1 Å². The first kappa shape index (κ1) is 14.5. The van der Waals surface area contributed by atoms with E-state index in [2.05, 4.69) is 27.7 Å². The van der Waals surface area contributed by atoms with Crippen molar-refractivity contribution in [3.8, 4) is 0 Å². The Morgan fingerprint density at radius 2 is 1.53 bits per heavy atom. The lowest BCUT2D eigenvalue weighted by Gasteiger charge is -2.33. The molecule has 1 nitrogen and oxygen atoms in total. The molecule has 0 atom stereocenters. The lowest BCUT2D eigenvalue weighted by molar-refractivity contribution is -0.00439. The van der Waals surface area contributed by atoms with Crippen LogP contribution in [0.25, 0.3) is 0 Å². The van der Waals surface area contributed by atoms with Crippen molar-refractivity contribution in [1.29, 1.82) is 0 Å². The Morgan fingerprint density at radius 3 is 1.94 bits per heavy atom. The molecule has 0 spiro atoms. The van der Waals surface area contributed by atoms with Crippen molar-refractivity contribution in [3.63, 3.8) is 0 Å². The molecule has 96 valence electrons. The van der Waals surface area contributed by atoms with Gasteiger partial charge in [-0.15, -0.1) is 0 Å². The van der Waals surface area contributed by atoms with Gasteiger partial charge in [-0.2, -0.15) is 0 Å². The Morgan fingerprint density at radius 1 is 1.06 bits per heavy atom. The first-order valence-electron chi connectivity index (χ1n) is 6.32. The molecule has 1 aromatic carbocycles. The maximum absolute atomic E-state index is 10.9. The summed E-state index contributed by atoms with van der Waals surface area (Å²) in [5.41, 5.74) is 0.0600. The molecule has 17 heavy (non-hydrogen) atoms. The molecule has 1 N–H and O–H groups in total. The second kappa shape index (κ2) is 5.88. The summed E-state index contributed by atoms with van der Waals surface area (Å²) in [4.78, 5) is 0. The quantitative estimate of drug-likeness (QED) is 0.813. The predicted octanol–water partition coefficient (Wildman–Crippen LogP) is 4.62. The zero-order chi connectivity index (χ0) is 13.1. The van der Waals surface area contributed by atoms with E-state index in [1.54, 1.807) is 0 Å². The molecule has 0 unspecified atom stereocenters. The summed E-state index contributed by atoms with van der Waals surface area (Å²) in [6.07, 6.45) is 1.49. The van der Waals surface area contributed by atoms with Gasteiger partial charge in [-0.1, -0.05) is 57.5 Å². The van der Waals surface area contributed by atoms with Gasteiger partial charge in [0.15, 0.2) is 0 Å². The van der Waals surface area contributed by atoms with Gasteiger partial charge in [0, 0.05) is 10.6 Å². The normalized spacial score (nSPS) is 12.5. The number of benzene rings is 1. The van der Waals surface area contributed by atoms with Crippen molar-refractivity contribution >= 4 is 11.6 Å². The molecule has 0 aliphatic heterocycles. The van der Waals surface area contributed by atoms with Crippen LogP contribution in [0.1, 0.15) is 46.1 Å². The highest BCUT2D eigenvalue weighted by Gasteiger charge is 2.32. The van der Waals surface area contributed by atoms with E-state index < -0.39 is 5.60 Å². The highest BCUT2D eigenvalue weighted by Crippen LogP contribution is 2.38. The molecule has 0 radical (unpaired) electrons. The van der Waals surface area contributed by atoms with Gasteiger partial charge in [-0.3, -0.25) is 0 Å². The Bertz CT molecular complexity index is 348. The molecule has 0 aliphatic carbocycles. The van der Waals surface area contributed by atoms with Crippen LogP contribution in [0.15, 0.2) is 24.3 Å². The van der Waals surface area contributed by atoms with Crippen LogP contribution >= 0.6 is 11.6 Å². The molecular formula is C15H23ClO. The van der Waals surface area contributed by atoms with E-state index in [0.717, 1.165) is 18.4 Å². The first-order valence-corrected chi connectivity index (χ1v) is 6.70.